The van der Waals surface area contributed by atoms with Gasteiger partial charge in [-0.3, -0.25) is 4.79 Å². The monoisotopic (exact) mass is 269 g/mol. The van der Waals surface area contributed by atoms with E-state index in [1.807, 2.05) is 20.8 Å². The van der Waals surface area contributed by atoms with Gasteiger partial charge in [-0.05, 0) is 26.2 Å². The van der Waals surface area contributed by atoms with Crippen molar-refractivity contribution in [2.45, 2.75) is 53.4 Å². The Kier molecular flexibility index (Phi) is 3.98. The van der Waals surface area contributed by atoms with E-state index in [0.717, 1.165) is 5.57 Å². The first-order chi connectivity index (χ1) is 8.42. The first kappa shape index (κ1) is 15.5. The molecule has 0 radical (unpaired) electrons. The van der Waals surface area contributed by atoms with Crippen molar-refractivity contribution >= 4 is 12.1 Å². The molecule has 0 aromatic carbocycles. The Morgan fingerprint density at radius 2 is 1.74 bits per heavy atom. The average Bonchev–Trinajstić information content (AvgIpc) is 2.42. The summed E-state index contributed by atoms with van der Waals surface area (Å²) in [5.41, 5.74) is -0.109. The first-order valence-corrected chi connectivity index (χ1v) is 6.30. The third kappa shape index (κ3) is 3.98. The fraction of sp³-hybridized carbons (Fsp3) is 0.714. The highest BCUT2D eigenvalue weighted by atomic mass is 16.7. The SMILES string of the molecule is CN1C(=O)C=C(C(C)(C)C)C1OC(=O)OC(C)(C)C. The molecule has 1 heterocycles. The summed E-state index contributed by atoms with van der Waals surface area (Å²) in [5.74, 6) is -0.168. The summed E-state index contributed by atoms with van der Waals surface area (Å²) in [4.78, 5) is 24.8. The van der Waals surface area contributed by atoms with Gasteiger partial charge in [0.05, 0.1) is 0 Å². The predicted octanol–water partition coefficient (Wildman–Crippen LogP) is 2.71. The Morgan fingerprint density at radius 1 is 1.21 bits per heavy atom. The second-order valence-corrected chi connectivity index (χ2v) is 6.73. The molecule has 1 rings (SSSR count). The van der Waals surface area contributed by atoms with Gasteiger partial charge in [-0.15, -0.1) is 0 Å². The smallest absolute Gasteiger partial charge is 0.429 e. The maximum atomic E-state index is 11.7. The number of hydrogen-bond donors (Lipinski definition) is 0. The van der Waals surface area contributed by atoms with Crippen molar-refractivity contribution in [1.29, 1.82) is 0 Å². The summed E-state index contributed by atoms with van der Waals surface area (Å²) < 4.78 is 10.4. The molecule has 0 saturated heterocycles. The van der Waals surface area contributed by atoms with Crippen LogP contribution in [-0.4, -0.2) is 35.8 Å². The third-order valence-corrected chi connectivity index (χ3v) is 2.71. The molecule has 108 valence electrons. The van der Waals surface area contributed by atoms with Gasteiger partial charge in [0.2, 0.25) is 12.1 Å². The van der Waals surface area contributed by atoms with E-state index in [1.54, 1.807) is 27.8 Å². The van der Waals surface area contributed by atoms with Gasteiger partial charge in [-0.1, -0.05) is 20.8 Å². The second kappa shape index (κ2) is 4.87. The van der Waals surface area contributed by atoms with E-state index in [1.165, 1.54) is 11.0 Å². The highest BCUT2D eigenvalue weighted by Gasteiger charge is 2.39. The van der Waals surface area contributed by atoms with Crippen LogP contribution in [0.1, 0.15) is 41.5 Å². The molecule has 0 saturated carbocycles. The normalized spacial score (nSPS) is 20.4. The van der Waals surface area contributed by atoms with Crippen LogP contribution in [0.25, 0.3) is 0 Å². The molecule has 1 unspecified atom stereocenters. The van der Waals surface area contributed by atoms with E-state index in [4.69, 9.17) is 9.47 Å². The van der Waals surface area contributed by atoms with Crippen LogP contribution in [0.2, 0.25) is 0 Å². The molecule has 0 N–H and O–H groups in total. The summed E-state index contributed by atoms with van der Waals surface area (Å²) in [6.07, 6.45) is 0.0613. The summed E-state index contributed by atoms with van der Waals surface area (Å²) in [7, 11) is 1.60. The van der Waals surface area contributed by atoms with Gasteiger partial charge in [-0.25, -0.2) is 4.79 Å². The van der Waals surface area contributed by atoms with Gasteiger partial charge in [-0.2, -0.15) is 0 Å². The first-order valence-electron chi connectivity index (χ1n) is 6.30. The molecule has 5 nitrogen and oxygen atoms in total. The van der Waals surface area contributed by atoms with Gasteiger partial charge in [0, 0.05) is 18.7 Å². The zero-order valence-corrected chi connectivity index (χ0v) is 12.7. The minimum Gasteiger partial charge on any atom is -0.429 e. The largest absolute Gasteiger partial charge is 0.510 e. The minimum atomic E-state index is -0.769. The lowest BCUT2D eigenvalue weighted by Crippen LogP contribution is -2.39. The highest BCUT2D eigenvalue weighted by Crippen LogP contribution is 2.34. The minimum absolute atomic E-state index is 0.168. The van der Waals surface area contributed by atoms with Crippen molar-refractivity contribution < 1.29 is 19.1 Å². The van der Waals surface area contributed by atoms with Gasteiger partial charge >= 0.3 is 6.16 Å². The molecule has 0 fully saturated rings. The zero-order chi connectivity index (χ0) is 15.0. The van der Waals surface area contributed by atoms with Crippen LogP contribution in [-0.2, 0) is 14.3 Å². The van der Waals surface area contributed by atoms with Crippen LogP contribution in [0.4, 0.5) is 4.79 Å². The van der Waals surface area contributed by atoms with Crippen molar-refractivity contribution in [3.05, 3.63) is 11.6 Å². The summed E-state index contributed by atoms with van der Waals surface area (Å²) >= 11 is 0. The Hall–Kier alpha value is -1.52. The molecule has 5 heteroatoms. The Morgan fingerprint density at radius 3 is 2.16 bits per heavy atom. The van der Waals surface area contributed by atoms with E-state index < -0.39 is 18.0 Å². The lowest BCUT2D eigenvalue weighted by atomic mass is 9.86. The Labute approximate surface area is 114 Å². The number of carbonyl (C=O) groups excluding carboxylic acids is 2. The second-order valence-electron chi connectivity index (χ2n) is 6.73. The number of ether oxygens (including phenoxy) is 2. The predicted molar refractivity (Wildman–Crippen MR) is 71.4 cm³/mol. The van der Waals surface area contributed by atoms with Crippen molar-refractivity contribution in [3.8, 4) is 0 Å². The van der Waals surface area contributed by atoms with Crippen LogP contribution in [0.5, 0.6) is 0 Å². The quantitative estimate of drug-likeness (QED) is 0.687. The fourth-order valence-corrected chi connectivity index (χ4v) is 1.73. The number of likely N-dealkylation sites (N-methyl/N-ethyl adjacent to an activating group) is 1. The zero-order valence-electron chi connectivity index (χ0n) is 12.7. The summed E-state index contributed by atoms with van der Waals surface area (Å²) in [5, 5.41) is 0. The Bertz CT molecular complexity index is 412. The molecule has 0 spiro atoms. The average molecular weight is 269 g/mol. The van der Waals surface area contributed by atoms with Crippen LogP contribution in [0.3, 0.4) is 0 Å². The van der Waals surface area contributed by atoms with Crippen LogP contribution in [0, 0.1) is 5.41 Å². The van der Waals surface area contributed by atoms with Crippen LogP contribution >= 0.6 is 0 Å². The number of carbonyl (C=O) groups is 2. The van der Waals surface area contributed by atoms with E-state index in [-0.39, 0.29) is 11.3 Å². The van der Waals surface area contributed by atoms with E-state index in [0.29, 0.717) is 0 Å². The summed E-state index contributed by atoms with van der Waals surface area (Å²) in [6.45, 7) is 11.2. The molecular formula is C14H23NO4. The lowest BCUT2D eigenvalue weighted by Gasteiger charge is -2.30. The Balaban J connectivity index is 2.84. The van der Waals surface area contributed by atoms with Gasteiger partial charge in [0.1, 0.15) is 5.60 Å². The van der Waals surface area contributed by atoms with Gasteiger partial charge in [0.15, 0.2) is 0 Å². The van der Waals surface area contributed by atoms with Crippen LogP contribution < -0.4 is 0 Å². The summed E-state index contributed by atoms with van der Waals surface area (Å²) in [6, 6.07) is 0. The molecule has 1 atom stereocenters. The molecule has 0 aromatic rings. The van der Waals surface area contributed by atoms with Gasteiger partial charge in [0.25, 0.3) is 0 Å². The molecule has 19 heavy (non-hydrogen) atoms. The van der Waals surface area contributed by atoms with Crippen molar-refractivity contribution in [2.75, 3.05) is 7.05 Å². The molecule has 0 aromatic heterocycles. The third-order valence-electron chi connectivity index (χ3n) is 2.71. The number of nitrogens with zero attached hydrogens (tertiary/aromatic N) is 1. The van der Waals surface area contributed by atoms with Crippen molar-refractivity contribution in [3.63, 3.8) is 0 Å². The molecule has 1 aliphatic heterocycles. The molecule has 0 bridgehead atoms. The molecule has 1 aliphatic rings. The molecule has 1 amide bonds. The molecular weight excluding hydrogens is 246 g/mol. The van der Waals surface area contributed by atoms with E-state index in [9.17, 15) is 9.59 Å². The lowest BCUT2D eigenvalue weighted by molar-refractivity contribution is -0.131. The number of rotatable bonds is 1. The van der Waals surface area contributed by atoms with E-state index >= 15 is 0 Å². The van der Waals surface area contributed by atoms with Crippen molar-refractivity contribution in [2.24, 2.45) is 5.41 Å². The topological polar surface area (TPSA) is 55.8 Å². The fourth-order valence-electron chi connectivity index (χ4n) is 1.73. The highest BCUT2D eigenvalue weighted by molar-refractivity contribution is 5.92. The molecule has 0 aliphatic carbocycles. The van der Waals surface area contributed by atoms with Crippen LogP contribution in [0.15, 0.2) is 11.6 Å². The maximum absolute atomic E-state index is 11.7. The van der Waals surface area contributed by atoms with Gasteiger partial charge < -0.3 is 14.4 Å². The number of hydrogen-bond acceptors (Lipinski definition) is 4. The number of amides is 1. The maximum Gasteiger partial charge on any atom is 0.510 e. The van der Waals surface area contributed by atoms with Crippen molar-refractivity contribution in [1.82, 2.24) is 4.90 Å². The standard InChI is InChI=1S/C14H23NO4/c1-13(2,3)9-8-10(16)15(7)11(9)18-12(17)19-14(4,5)6/h8,11H,1-7H3. The van der Waals surface area contributed by atoms with E-state index in [2.05, 4.69) is 0 Å².